The second kappa shape index (κ2) is 9.16. The van der Waals surface area contributed by atoms with Crippen LogP contribution in [0.5, 0.6) is 0 Å². The lowest BCUT2D eigenvalue weighted by atomic mass is 10.0. The van der Waals surface area contributed by atoms with Crippen molar-refractivity contribution in [3.63, 3.8) is 0 Å². The Hall–Kier alpha value is -2.45. The lowest BCUT2D eigenvalue weighted by Gasteiger charge is -2.31. The first-order valence-electron chi connectivity index (χ1n) is 9.33. The third-order valence-electron chi connectivity index (χ3n) is 4.80. The number of aromatic nitrogens is 3. The fraction of sp³-hybridized carbons (Fsp3) is 0.474. The van der Waals surface area contributed by atoms with Crippen LogP contribution in [0.3, 0.4) is 0 Å². The number of hydrogen-bond donors (Lipinski definition) is 1. The molecule has 1 aromatic heterocycles. The van der Waals surface area contributed by atoms with Crippen molar-refractivity contribution in [2.75, 3.05) is 40.3 Å². The van der Waals surface area contributed by atoms with Gasteiger partial charge in [-0.15, -0.1) is 5.10 Å². The molecule has 1 aromatic carbocycles. The normalized spacial score (nSPS) is 15.1. The van der Waals surface area contributed by atoms with Gasteiger partial charge < -0.3 is 15.1 Å². The molecule has 0 saturated carbocycles. The zero-order valence-corrected chi connectivity index (χ0v) is 16.9. The van der Waals surface area contributed by atoms with E-state index in [2.05, 4.69) is 15.6 Å². The van der Waals surface area contributed by atoms with Crippen molar-refractivity contribution in [1.82, 2.24) is 30.1 Å². The first-order chi connectivity index (χ1) is 13.4. The summed E-state index contributed by atoms with van der Waals surface area (Å²) in [6.45, 7) is 2.59. The summed E-state index contributed by atoms with van der Waals surface area (Å²) in [5.74, 6) is -0.210. The number of nitrogens with one attached hydrogen (secondary N) is 1. The minimum Gasteiger partial charge on any atom is -0.349 e. The number of hydrogen-bond acceptors (Lipinski definition) is 5. The Morgan fingerprint density at radius 2 is 1.89 bits per heavy atom. The predicted octanol–water partition coefficient (Wildman–Crippen LogP) is 1.70. The Kier molecular flexibility index (Phi) is 6.64. The SMILES string of the molecule is CN(C)CCNC(=O)c1cn(C2CCN(C(=O)c3ccc(Cl)cc3)CC2)nn1. The minimum absolute atomic E-state index is 0.00895. The molecule has 1 saturated heterocycles. The van der Waals surface area contributed by atoms with Crippen LogP contribution in [-0.4, -0.2) is 76.9 Å². The lowest BCUT2D eigenvalue weighted by Crippen LogP contribution is -2.39. The number of nitrogens with zero attached hydrogens (tertiary/aromatic N) is 5. The molecular formula is C19H25ClN6O2. The molecule has 1 fully saturated rings. The standard InChI is InChI=1S/C19H25ClN6O2/c1-24(2)12-9-21-18(27)17-13-26(23-22-17)16-7-10-25(11-8-16)19(28)14-3-5-15(20)6-4-14/h3-6,13,16H,7-12H2,1-2H3,(H,21,27). The average Bonchev–Trinajstić information content (AvgIpc) is 3.18. The van der Waals surface area contributed by atoms with E-state index >= 15 is 0 Å². The molecule has 28 heavy (non-hydrogen) atoms. The van der Waals surface area contributed by atoms with E-state index in [0.29, 0.717) is 35.9 Å². The van der Waals surface area contributed by atoms with E-state index in [1.165, 1.54) is 0 Å². The van der Waals surface area contributed by atoms with Gasteiger partial charge in [-0.05, 0) is 51.2 Å². The van der Waals surface area contributed by atoms with Crippen molar-refractivity contribution in [1.29, 1.82) is 0 Å². The maximum Gasteiger partial charge on any atom is 0.273 e. The Morgan fingerprint density at radius 1 is 1.21 bits per heavy atom. The summed E-state index contributed by atoms with van der Waals surface area (Å²) < 4.78 is 1.74. The van der Waals surface area contributed by atoms with Crippen LogP contribution in [0.4, 0.5) is 0 Å². The van der Waals surface area contributed by atoms with Gasteiger partial charge in [-0.2, -0.15) is 0 Å². The van der Waals surface area contributed by atoms with Crippen molar-refractivity contribution in [2.45, 2.75) is 18.9 Å². The number of benzene rings is 1. The fourth-order valence-corrected chi connectivity index (χ4v) is 3.28. The molecule has 2 heterocycles. The largest absolute Gasteiger partial charge is 0.349 e. The molecular weight excluding hydrogens is 380 g/mol. The van der Waals surface area contributed by atoms with Crippen LogP contribution in [0.1, 0.15) is 39.7 Å². The molecule has 0 atom stereocenters. The zero-order valence-electron chi connectivity index (χ0n) is 16.1. The second-order valence-corrected chi connectivity index (χ2v) is 7.61. The van der Waals surface area contributed by atoms with Crippen molar-refractivity contribution in [3.05, 3.63) is 46.7 Å². The van der Waals surface area contributed by atoms with E-state index in [1.54, 1.807) is 35.1 Å². The van der Waals surface area contributed by atoms with E-state index < -0.39 is 0 Å². The number of carbonyl (C=O) groups is 2. The van der Waals surface area contributed by atoms with Crippen LogP contribution >= 0.6 is 11.6 Å². The number of halogens is 1. The first-order valence-corrected chi connectivity index (χ1v) is 9.71. The van der Waals surface area contributed by atoms with Crippen LogP contribution in [0.25, 0.3) is 0 Å². The van der Waals surface area contributed by atoms with E-state index in [-0.39, 0.29) is 17.9 Å². The Labute approximate surface area is 169 Å². The highest BCUT2D eigenvalue weighted by molar-refractivity contribution is 6.30. The number of carbonyl (C=O) groups excluding carboxylic acids is 2. The van der Waals surface area contributed by atoms with Gasteiger partial charge in [-0.25, -0.2) is 4.68 Å². The lowest BCUT2D eigenvalue weighted by molar-refractivity contribution is 0.0689. The van der Waals surface area contributed by atoms with Gasteiger partial charge in [-0.3, -0.25) is 9.59 Å². The van der Waals surface area contributed by atoms with Crippen LogP contribution in [0.2, 0.25) is 5.02 Å². The van der Waals surface area contributed by atoms with E-state index in [1.807, 2.05) is 23.9 Å². The summed E-state index contributed by atoms with van der Waals surface area (Å²) in [7, 11) is 3.90. The summed E-state index contributed by atoms with van der Waals surface area (Å²) in [6.07, 6.45) is 3.22. The summed E-state index contributed by atoms with van der Waals surface area (Å²) in [5.41, 5.74) is 0.957. The van der Waals surface area contributed by atoms with Gasteiger partial charge >= 0.3 is 0 Å². The number of piperidine rings is 1. The number of likely N-dealkylation sites (N-methyl/N-ethyl adjacent to an activating group) is 1. The van der Waals surface area contributed by atoms with E-state index in [4.69, 9.17) is 11.6 Å². The highest BCUT2D eigenvalue weighted by atomic mass is 35.5. The molecule has 0 aliphatic carbocycles. The van der Waals surface area contributed by atoms with Crippen molar-refractivity contribution in [2.24, 2.45) is 0 Å². The molecule has 0 spiro atoms. The van der Waals surface area contributed by atoms with Gasteiger partial charge in [0.05, 0.1) is 12.2 Å². The molecule has 2 aromatic rings. The topological polar surface area (TPSA) is 83.4 Å². The fourth-order valence-electron chi connectivity index (χ4n) is 3.15. The Morgan fingerprint density at radius 3 is 2.54 bits per heavy atom. The predicted molar refractivity (Wildman–Crippen MR) is 107 cm³/mol. The minimum atomic E-state index is -0.219. The summed E-state index contributed by atoms with van der Waals surface area (Å²) in [5, 5.41) is 11.6. The summed E-state index contributed by atoms with van der Waals surface area (Å²) in [6, 6.07) is 7.07. The molecule has 1 aliphatic heterocycles. The van der Waals surface area contributed by atoms with Gasteiger partial charge in [0.1, 0.15) is 0 Å². The summed E-state index contributed by atoms with van der Waals surface area (Å²) in [4.78, 5) is 28.6. The van der Waals surface area contributed by atoms with Gasteiger partial charge in [0.2, 0.25) is 0 Å². The zero-order chi connectivity index (χ0) is 20.1. The van der Waals surface area contributed by atoms with Crippen LogP contribution in [0.15, 0.2) is 30.5 Å². The van der Waals surface area contributed by atoms with Gasteiger partial charge in [0.25, 0.3) is 11.8 Å². The molecule has 0 bridgehead atoms. The van der Waals surface area contributed by atoms with Crippen LogP contribution in [0, 0.1) is 0 Å². The van der Waals surface area contributed by atoms with Crippen LogP contribution < -0.4 is 5.32 Å². The maximum atomic E-state index is 12.6. The van der Waals surface area contributed by atoms with Crippen molar-refractivity contribution < 1.29 is 9.59 Å². The van der Waals surface area contributed by atoms with E-state index in [9.17, 15) is 9.59 Å². The summed E-state index contributed by atoms with van der Waals surface area (Å²) >= 11 is 5.88. The molecule has 150 valence electrons. The molecule has 9 heteroatoms. The maximum absolute atomic E-state index is 12.6. The Bertz CT molecular complexity index is 812. The van der Waals surface area contributed by atoms with E-state index in [0.717, 1.165) is 19.4 Å². The number of rotatable bonds is 6. The highest BCUT2D eigenvalue weighted by Crippen LogP contribution is 2.23. The highest BCUT2D eigenvalue weighted by Gasteiger charge is 2.26. The molecule has 0 radical (unpaired) electrons. The van der Waals surface area contributed by atoms with Gasteiger partial charge in [-0.1, -0.05) is 16.8 Å². The number of amides is 2. The van der Waals surface area contributed by atoms with Crippen molar-refractivity contribution >= 4 is 23.4 Å². The first kappa shape index (κ1) is 20.3. The molecule has 3 rings (SSSR count). The Balaban J connectivity index is 1.52. The molecule has 8 nitrogen and oxygen atoms in total. The third-order valence-corrected chi connectivity index (χ3v) is 5.06. The quantitative estimate of drug-likeness (QED) is 0.792. The average molecular weight is 405 g/mol. The number of likely N-dealkylation sites (tertiary alicyclic amines) is 1. The molecule has 0 unspecified atom stereocenters. The van der Waals surface area contributed by atoms with Gasteiger partial charge in [0, 0.05) is 36.8 Å². The molecule has 1 N–H and O–H groups in total. The smallest absolute Gasteiger partial charge is 0.273 e. The molecule has 2 amide bonds. The molecule has 1 aliphatic rings. The third kappa shape index (κ3) is 5.08. The van der Waals surface area contributed by atoms with Crippen molar-refractivity contribution in [3.8, 4) is 0 Å². The van der Waals surface area contributed by atoms with Crippen LogP contribution in [-0.2, 0) is 0 Å². The van der Waals surface area contributed by atoms with Gasteiger partial charge in [0.15, 0.2) is 5.69 Å². The second-order valence-electron chi connectivity index (χ2n) is 7.17. The monoisotopic (exact) mass is 404 g/mol.